The standard InChI is InChI=1S/C7H11BF3N2O.K/c1-6(2)13-4-7(3-12-13)14-5-8(9,10)11;/h3-4,6H,5H2,1-2H3;/q-1;+1. The second-order valence-corrected chi connectivity index (χ2v) is 3.27. The minimum absolute atomic E-state index is 0. The van der Waals surface area contributed by atoms with Gasteiger partial charge in [-0.1, -0.05) is 0 Å². The molecular formula is C7H11BF3KN2O. The molecule has 0 bridgehead atoms. The molecule has 0 aliphatic heterocycles. The van der Waals surface area contributed by atoms with Gasteiger partial charge >= 0.3 is 58.4 Å². The molecule has 0 atom stereocenters. The Morgan fingerprint density at radius 3 is 2.47 bits per heavy atom. The summed E-state index contributed by atoms with van der Waals surface area (Å²) in [7, 11) is 0. The first-order chi connectivity index (χ1) is 6.38. The summed E-state index contributed by atoms with van der Waals surface area (Å²) in [5.74, 6) is 0.151. The Morgan fingerprint density at radius 2 is 2.07 bits per heavy atom. The Balaban J connectivity index is 0.00000196. The van der Waals surface area contributed by atoms with Crippen LogP contribution in [0.3, 0.4) is 0 Å². The average molecular weight is 246 g/mol. The Kier molecular flexibility index (Phi) is 6.50. The SMILES string of the molecule is CC(C)n1cc(OC[B-](F)(F)F)cn1.[K+]. The number of hydrogen-bond acceptors (Lipinski definition) is 2. The quantitative estimate of drug-likeness (QED) is 0.652. The van der Waals surface area contributed by atoms with Crippen LogP contribution >= 0.6 is 0 Å². The van der Waals surface area contributed by atoms with Gasteiger partial charge in [-0.15, -0.1) is 0 Å². The molecule has 0 saturated carbocycles. The van der Waals surface area contributed by atoms with E-state index >= 15 is 0 Å². The summed E-state index contributed by atoms with van der Waals surface area (Å²) in [5, 5.41) is 3.85. The van der Waals surface area contributed by atoms with Gasteiger partial charge in [-0.05, 0) is 13.8 Å². The number of ether oxygens (including phenoxy) is 1. The van der Waals surface area contributed by atoms with E-state index in [1.165, 1.54) is 12.4 Å². The molecular weight excluding hydrogens is 235 g/mol. The van der Waals surface area contributed by atoms with Crippen LogP contribution in [0.2, 0.25) is 0 Å². The van der Waals surface area contributed by atoms with E-state index in [2.05, 4.69) is 9.84 Å². The number of nitrogens with zero attached hydrogens (tertiary/aromatic N) is 2. The molecule has 0 fully saturated rings. The number of aromatic nitrogens is 2. The van der Waals surface area contributed by atoms with Crippen LogP contribution in [0.4, 0.5) is 12.9 Å². The molecule has 0 radical (unpaired) electrons. The Morgan fingerprint density at radius 1 is 1.47 bits per heavy atom. The van der Waals surface area contributed by atoms with Crippen LogP contribution in [0.15, 0.2) is 12.4 Å². The van der Waals surface area contributed by atoms with Gasteiger partial charge in [0.2, 0.25) is 0 Å². The molecule has 80 valence electrons. The monoisotopic (exact) mass is 246 g/mol. The predicted molar refractivity (Wildman–Crippen MR) is 47.2 cm³/mol. The van der Waals surface area contributed by atoms with Gasteiger partial charge in [0, 0.05) is 6.04 Å². The molecule has 1 aromatic heterocycles. The van der Waals surface area contributed by atoms with Crippen LogP contribution in [0.5, 0.6) is 5.75 Å². The Labute approximate surface area is 129 Å². The van der Waals surface area contributed by atoms with E-state index in [0.29, 0.717) is 0 Å². The van der Waals surface area contributed by atoms with Crippen molar-refractivity contribution in [2.75, 3.05) is 6.51 Å². The summed E-state index contributed by atoms with van der Waals surface area (Å²) in [6.45, 7) is -2.36. The third kappa shape index (κ3) is 5.96. The molecule has 15 heavy (non-hydrogen) atoms. The summed E-state index contributed by atoms with van der Waals surface area (Å²) in [6.07, 6.45) is 2.73. The first-order valence-corrected chi connectivity index (χ1v) is 4.26. The van der Waals surface area contributed by atoms with Crippen molar-refractivity contribution < 1.29 is 69.1 Å². The van der Waals surface area contributed by atoms with Gasteiger partial charge < -0.3 is 17.7 Å². The van der Waals surface area contributed by atoms with Gasteiger partial charge in [0.25, 0.3) is 0 Å². The minimum Gasteiger partial charge on any atom is -0.519 e. The minimum atomic E-state index is -4.90. The molecule has 0 aliphatic rings. The summed E-state index contributed by atoms with van der Waals surface area (Å²) < 4.78 is 41.5. The Hall–Kier alpha value is 0.501. The van der Waals surface area contributed by atoms with Gasteiger partial charge in [0.05, 0.1) is 18.9 Å². The molecule has 0 spiro atoms. The van der Waals surface area contributed by atoms with Crippen LogP contribution in [0, 0.1) is 0 Å². The normalized spacial score (nSPS) is 11.3. The topological polar surface area (TPSA) is 27.1 Å². The van der Waals surface area contributed by atoms with Crippen molar-refractivity contribution in [3.63, 3.8) is 0 Å². The maximum absolute atomic E-state index is 11.8. The third-order valence-corrected chi connectivity index (χ3v) is 1.55. The van der Waals surface area contributed by atoms with Crippen LogP contribution in [-0.2, 0) is 0 Å². The molecule has 0 aromatic carbocycles. The van der Waals surface area contributed by atoms with Crippen molar-refractivity contribution in [2.24, 2.45) is 0 Å². The van der Waals surface area contributed by atoms with Crippen molar-refractivity contribution in [1.29, 1.82) is 0 Å². The summed E-state index contributed by atoms with van der Waals surface area (Å²) in [4.78, 5) is 0. The number of hydrogen-bond donors (Lipinski definition) is 0. The molecule has 0 saturated heterocycles. The maximum Gasteiger partial charge on any atom is 1.00 e. The zero-order valence-corrected chi connectivity index (χ0v) is 12.1. The van der Waals surface area contributed by atoms with E-state index in [1.54, 1.807) is 4.68 Å². The van der Waals surface area contributed by atoms with Crippen molar-refractivity contribution in [3.8, 4) is 5.75 Å². The fraction of sp³-hybridized carbons (Fsp3) is 0.571. The first-order valence-electron chi connectivity index (χ1n) is 4.26. The molecule has 0 N–H and O–H groups in total. The molecule has 0 unspecified atom stereocenters. The number of halogens is 3. The Bertz CT molecular complexity index is 303. The molecule has 1 aromatic rings. The molecule has 3 nitrogen and oxygen atoms in total. The van der Waals surface area contributed by atoms with E-state index in [-0.39, 0.29) is 63.2 Å². The molecule has 8 heteroatoms. The largest absolute Gasteiger partial charge is 1.00 e. The molecule has 0 amide bonds. The van der Waals surface area contributed by atoms with E-state index in [4.69, 9.17) is 0 Å². The number of rotatable bonds is 4. The second kappa shape index (κ2) is 6.29. The van der Waals surface area contributed by atoms with Crippen LogP contribution < -0.4 is 56.1 Å². The fourth-order valence-corrected chi connectivity index (χ4v) is 0.868. The average Bonchev–Trinajstić information content (AvgIpc) is 2.47. The zero-order chi connectivity index (χ0) is 10.8. The summed E-state index contributed by atoms with van der Waals surface area (Å²) in [5.41, 5.74) is 0. The zero-order valence-electron chi connectivity index (χ0n) is 8.95. The predicted octanol–water partition coefficient (Wildman–Crippen LogP) is -0.767. The van der Waals surface area contributed by atoms with E-state index < -0.39 is 13.5 Å². The van der Waals surface area contributed by atoms with E-state index in [1.807, 2.05) is 13.8 Å². The van der Waals surface area contributed by atoms with Gasteiger partial charge in [0.1, 0.15) is 0 Å². The smallest absolute Gasteiger partial charge is 0.519 e. The molecule has 0 aliphatic carbocycles. The van der Waals surface area contributed by atoms with Gasteiger partial charge in [-0.2, -0.15) is 5.10 Å². The molecule has 1 rings (SSSR count). The van der Waals surface area contributed by atoms with Crippen LogP contribution in [0.1, 0.15) is 19.9 Å². The fourth-order valence-electron chi connectivity index (χ4n) is 0.868. The van der Waals surface area contributed by atoms with Crippen molar-refractivity contribution >= 4 is 6.98 Å². The van der Waals surface area contributed by atoms with Gasteiger partial charge in [0.15, 0.2) is 5.75 Å². The third-order valence-electron chi connectivity index (χ3n) is 1.55. The summed E-state index contributed by atoms with van der Waals surface area (Å²) >= 11 is 0. The van der Waals surface area contributed by atoms with Gasteiger partial charge in [-0.3, -0.25) is 4.68 Å². The van der Waals surface area contributed by atoms with E-state index in [0.717, 1.165) is 0 Å². The van der Waals surface area contributed by atoms with Crippen LogP contribution in [0.25, 0.3) is 0 Å². The molecule has 1 heterocycles. The van der Waals surface area contributed by atoms with Crippen molar-refractivity contribution in [2.45, 2.75) is 19.9 Å². The second-order valence-electron chi connectivity index (χ2n) is 3.27. The summed E-state index contributed by atoms with van der Waals surface area (Å²) in [6, 6.07) is 0.115. The van der Waals surface area contributed by atoms with Crippen molar-refractivity contribution in [1.82, 2.24) is 9.78 Å². The van der Waals surface area contributed by atoms with Crippen LogP contribution in [-0.4, -0.2) is 23.3 Å². The van der Waals surface area contributed by atoms with Crippen molar-refractivity contribution in [3.05, 3.63) is 12.4 Å². The first kappa shape index (κ1) is 15.5. The van der Waals surface area contributed by atoms with Gasteiger partial charge in [-0.25, -0.2) is 0 Å². The maximum atomic E-state index is 11.8. The van der Waals surface area contributed by atoms with E-state index in [9.17, 15) is 12.9 Å².